The lowest BCUT2D eigenvalue weighted by Gasteiger charge is -2.17. The van der Waals surface area contributed by atoms with E-state index in [1.807, 2.05) is 0 Å². The molecule has 0 saturated heterocycles. The van der Waals surface area contributed by atoms with Crippen molar-refractivity contribution in [2.45, 2.75) is 6.23 Å². The van der Waals surface area contributed by atoms with Gasteiger partial charge in [0, 0.05) is 7.05 Å². The summed E-state index contributed by atoms with van der Waals surface area (Å²) >= 11 is 11.0. The summed E-state index contributed by atoms with van der Waals surface area (Å²) in [6.07, 6.45) is -0.375. The lowest BCUT2D eigenvalue weighted by atomic mass is 10.5. The maximum atomic E-state index is 10.8. The molecule has 0 fully saturated rings. The van der Waals surface area contributed by atoms with Crippen LogP contribution in [0.3, 0.4) is 0 Å². The number of hydrogen-bond donors (Lipinski definition) is 0. The Morgan fingerprint density at radius 2 is 2.17 bits per heavy atom. The van der Waals surface area contributed by atoms with E-state index in [1.54, 1.807) is 0 Å². The minimum Gasteiger partial charge on any atom is -0.432 e. The monoisotopic (exact) mass is 209 g/mol. The molecule has 0 radical (unpaired) electrons. The van der Waals surface area contributed by atoms with Crippen molar-refractivity contribution in [2.75, 3.05) is 7.05 Å². The molecule has 66 valence electrons. The first-order valence-corrected chi connectivity index (χ1v) is 3.77. The molecule has 12 heavy (non-hydrogen) atoms. The number of likely N-dealkylation sites (N-methyl/N-ethyl adjacent to an activating group) is 1. The number of rotatable bonds is 2. The number of cyclic esters (lactones) is 1. The molecule has 6 heteroatoms. The second-order valence-electron chi connectivity index (χ2n) is 2.19. The van der Waals surface area contributed by atoms with Crippen LogP contribution in [0.4, 0.5) is 0 Å². The highest BCUT2D eigenvalue weighted by Crippen LogP contribution is 2.29. The summed E-state index contributed by atoms with van der Waals surface area (Å²) in [6, 6.07) is 0. The summed E-state index contributed by atoms with van der Waals surface area (Å²) in [5, 5.41) is -0.133. The number of amides is 1. The van der Waals surface area contributed by atoms with Crippen molar-refractivity contribution in [1.29, 1.82) is 0 Å². The molecule has 0 N–H and O–H groups in total. The van der Waals surface area contributed by atoms with Gasteiger partial charge in [0.1, 0.15) is 10.1 Å². The van der Waals surface area contributed by atoms with Crippen LogP contribution in [-0.2, 0) is 14.3 Å². The van der Waals surface area contributed by atoms with Crippen molar-refractivity contribution in [3.8, 4) is 0 Å². The summed E-state index contributed by atoms with van der Waals surface area (Å²) in [5.74, 6) is -0.708. The second kappa shape index (κ2) is 3.33. The topological polar surface area (TPSA) is 46.6 Å². The molecule has 0 aromatic carbocycles. The van der Waals surface area contributed by atoms with Gasteiger partial charge in [-0.3, -0.25) is 4.79 Å². The molecular formula is C6H5Cl2NO3. The summed E-state index contributed by atoms with van der Waals surface area (Å²) in [6.45, 7) is 0. The van der Waals surface area contributed by atoms with Crippen LogP contribution in [0.15, 0.2) is 10.1 Å². The van der Waals surface area contributed by atoms with Gasteiger partial charge in [0.25, 0.3) is 0 Å². The Labute approximate surface area is 78.7 Å². The van der Waals surface area contributed by atoms with Crippen molar-refractivity contribution in [3.63, 3.8) is 0 Å². The van der Waals surface area contributed by atoms with Crippen molar-refractivity contribution >= 4 is 35.6 Å². The van der Waals surface area contributed by atoms with Gasteiger partial charge in [-0.15, -0.1) is 0 Å². The Balaban J connectivity index is 2.86. The zero-order chi connectivity index (χ0) is 9.30. The van der Waals surface area contributed by atoms with Gasteiger partial charge in [-0.2, -0.15) is 0 Å². The predicted molar refractivity (Wildman–Crippen MR) is 42.4 cm³/mol. The summed E-state index contributed by atoms with van der Waals surface area (Å²) in [4.78, 5) is 22.1. The zero-order valence-electron chi connectivity index (χ0n) is 6.08. The van der Waals surface area contributed by atoms with E-state index in [-0.39, 0.29) is 10.1 Å². The molecule has 0 aromatic heterocycles. The third-order valence-electron chi connectivity index (χ3n) is 1.36. The minimum atomic E-state index is -0.871. The maximum Gasteiger partial charge on any atom is 0.353 e. The minimum absolute atomic E-state index is 0.0382. The van der Waals surface area contributed by atoms with Crippen LogP contribution in [0.1, 0.15) is 0 Å². The molecule has 0 saturated carbocycles. The lowest BCUT2D eigenvalue weighted by molar-refractivity contribution is -0.147. The van der Waals surface area contributed by atoms with E-state index in [9.17, 15) is 9.59 Å². The Morgan fingerprint density at radius 1 is 1.58 bits per heavy atom. The lowest BCUT2D eigenvalue weighted by Crippen LogP contribution is -2.31. The molecule has 1 atom stereocenters. The fraction of sp³-hybridized carbons (Fsp3) is 0.333. The van der Waals surface area contributed by atoms with E-state index in [0.717, 1.165) is 4.90 Å². The normalized spacial score (nSPS) is 22.6. The van der Waals surface area contributed by atoms with Crippen LogP contribution >= 0.6 is 23.2 Å². The number of carbonyl (C=O) groups excluding carboxylic acids is 2. The third kappa shape index (κ3) is 1.40. The fourth-order valence-electron chi connectivity index (χ4n) is 0.728. The van der Waals surface area contributed by atoms with Gasteiger partial charge in [-0.1, -0.05) is 23.2 Å². The molecule has 0 bridgehead atoms. The molecule has 4 nitrogen and oxygen atoms in total. The Morgan fingerprint density at radius 3 is 2.50 bits per heavy atom. The average Bonchev–Trinajstić information content (AvgIpc) is 2.32. The maximum absolute atomic E-state index is 10.8. The first-order chi connectivity index (χ1) is 5.57. The van der Waals surface area contributed by atoms with E-state index < -0.39 is 12.2 Å². The van der Waals surface area contributed by atoms with Gasteiger partial charge in [0.2, 0.25) is 12.6 Å². The second-order valence-corrected chi connectivity index (χ2v) is 2.98. The van der Waals surface area contributed by atoms with E-state index >= 15 is 0 Å². The molecule has 1 amide bonds. The number of hydrogen-bond acceptors (Lipinski definition) is 3. The van der Waals surface area contributed by atoms with Gasteiger partial charge < -0.3 is 9.64 Å². The van der Waals surface area contributed by atoms with E-state index in [4.69, 9.17) is 23.2 Å². The van der Waals surface area contributed by atoms with E-state index in [1.165, 1.54) is 7.05 Å². The van der Waals surface area contributed by atoms with Gasteiger partial charge in [-0.05, 0) is 0 Å². The molecule has 1 heterocycles. The standard InChI is InChI=1S/C6H5Cl2NO3/c1-9(2-10)5-3(7)4(8)6(11)12-5/h2,5H,1H3. The highest BCUT2D eigenvalue weighted by molar-refractivity contribution is 6.48. The van der Waals surface area contributed by atoms with Crippen LogP contribution in [0.25, 0.3) is 0 Å². The number of ether oxygens (including phenoxy) is 1. The first kappa shape index (κ1) is 9.35. The summed E-state index contributed by atoms with van der Waals surface area (Å²) in [5.41, 5.74) is 0. The number of halogens is 2. The highest BCUT2D eigenvalue weighted by atomic mass is 35.5. The van der Waals surface area contributed by atoms with Crippen molar-refractivity contribution in [1.82, 2.24) is 4.90 Å². The fourth-order valence-corrected chi connectivity index (χ4v) is 1.14. The van der Waals surface area contributed by atoms with E-state index in [2.05, 4.69) is 4.74 Å². The molecule has 1 aliphatic heterocycles. The van der Waals surface area contributed by atoms with Crippen molar-refractivity contribution in [2.24, 2.45) is 0 Å². The molecule has 0 spiro atoms. The number of carbonyl (C=O) groups is 2. The van der Waals surface area contributed by atoms with Crippen LogP contribution in [0.5, 0.6) is 0 Å². The van der Waals surface area contributed by atoms with Gasteiger partial charge in [0.15, 0.2) is 0 Å². The molecule has 0 aromatic rings. The third-order valence-corrected chi connectivity index (χ3v) is 2.19. The Hall–Kier alpha value is -0.740. The first-order valence-electron chi connectivity index (χ1n) is 3.01. The Kier molecular flexibility index (Phi) is 2.59. The van der Waals surface area contributed by atoms with Gasteiger partial charge in [-0.25, -0.2) is 4.79 Å². The molecule has 1 unspecified atom stereocenters. The zero-order valence-corrected chi connectivity index (χ0v) is 7.59. The molecule has 1 rings (SSSR count). The molecular weight excluding hydrogens is 205 g/mol. The Bertz CT molecular complexity index is 264. The highest BCUT2D eigenvalue weighted by Gasteiger charge is 2.34. The van der Waals surface area contributed by atoms with Crippen molar-refractivity contribution in [3.05, 3.63) is 10.1 Å². The van der Waals surface area contributed by atoms with Crippen LogP contribution in [-0.4, -0.2) is 30.6 Å². The number of nitrogens with zero attached hydrogens (tertiary/aromatic N) is 1. The van der Waals surface area contributed by atoms with Crippen LogP contribution in [0, 0.1) is 0 Å². The van der Waals surface area contributed by atoms with Crippen molar-refractivity contribution < 1.29 is 14.3 Å². The molecule has 0 aliphatic carbocycles. The van der Waals surface area contributed by atoms with Gasteiger partial charge >= 0.3 is 5.97 Å². The van der Waals surface area contributed by atoms with Crippen LogP contribution in [0.2, 0.25) is 0 Å². The van der Waals surface area contributed by atoms with Crippen LogP contribution < -0.4 is 0 Å². The molecule has 1 aliphatic rings. The summed E-state index contributed by atoms with van der Waals surface area (Å²) in [7, 11) is 1.43. The summed E-state index contributed by atoms with van der Waals surface area (Å²) < 4.78 is 4.66. The van der Waals surface area contributed by atoms with E-state index in [0.29, 0.717) is 6.41 Å². The van der Waals surface area contributed by atoms with Gasteiger partial charge in [0.05, 0.1) is 0 Å². The predicted octanol–water partition coefficient (Wildman–Crippen LogP) is 0.647. The smallest absolute Gasteiger partial charge is 0.353 e. The average molecular weight is 210 g/mol. The quantitative estimate of drug-likeness (QED) is 0.496. The number of esters is 1. The largest absolute Gasteiger partial charge is 0.432 e. The SMILES string of the molecule is CN(C=O)C1OC(=O)C(Cl)=C1Cl.